The Morgan fingerprint density at radius 2 is 2.14 bits per heavy atom. The second-order valence-electron chi connectivity index (χ2n) is 3.61. The van der Waals surface area contributed by atoms with Gasteiger partial charge in [0.15, 0.2) is 0 Å². The lowest BCUT2D eigenvalue weighted by atomic mass is 9.98. The smallest absolute Gasteiger partial charge is 0.343 e. The van der Waals surface area contributed by atoms with E-state index in [0.29, 0.717) is 6.54 Å². The van der Waals surface area contributed by atoms with Gasteiger partial charge in [-0.25, -0.2) is 4.79 Å². The van der Waals surface area contributed by atoms with Gasteiger partial charge in [0.05, 0.1) is 0 Å². The standard InChI is InChI=1S/C9H20N3O2/c1-4-5-12-14-9(13)8(11)7(10)6(2)3/h6-8,10,12H,4-5,11H2,1-3H3/t7?,8-/m0/s1. The number of hydroxylamine groups is 1. The van der Waals surface area contributed by atoms with Gasteiger partial charge < -0.3 is 10.6 Å². The summed E-state index contributed by atoms with van der Waals surface area (Å²) >= 11 is 0. The quantitative estimate of drug-likeness (QED) is 0.471. The number of hydrogen-bond acceptors (Lipinski definition) is 4. The second kappa shape index (κ2) is 6.75. The van der Waals surface area contributed by atoms with E-state index in [2.05, 4.69) is 10.3 Å². The fraction of sp³-hybridized carbons (Fsp3) is 0.889. The molecule has 0 aromatic heterocycles. The van der Waals surface area contributed by atoms with Gasteiger partial charge in [0.1, 0.15) is 6.04 Å². The van der Waals surface area contributed by atoms with Gasteiger partial charge in [-0.2, -0.15) is 5.48 Å². The Bertz CT molecular complexity index is 173. The summed E-state index contributed by atoms with van der Waals surface area (Å²) in [5.74, 6) is -0.518. The molecule has 0 bridgehead atoms. The van der Waals surface area contributed by atoms with Crippen LogP contribution in [0.5, 0.6) is 0 Å². The van der Waals surface area contributed by atoms with E-state index in [1.165, 1.54) is 0 Å². The first kappa shape index (κ1) is 13.4. The predicted molar refractivity (Wildman–Crippen MR) is 54.1 cm³/mol. The summed E-state index contributed by atoms with van der Waals surface area (Å²) in [6.07, 6.45) is 0.872. The number of rotatable bonds is 6. The van der Waals surface area contributed by atoms with Gasteiger partial charge in [0.2, 0.25) is 0 Å². The highest BCUT2D eigenvalue weighted by Crippen LogP contribution is 2.04. The molecule has 83 valence electrons. The first-order chi connectivity index (χ1) is 6.50. The van der Waals surface area contributed by atoms with Gasteiger partial charge in [-0.1, -0.05) is 20.8 Å². The largest absolute Gasteiger partial charge is 0.369 e. The summed E-state index contributed by atoms with van der Waals surface area (Å²) in [7, 11) is 0. The van der Waals surface area contributed by atoms with Gasteiger partial charge in [-0.3, -0.25) is 5.73 Å². The molecule has 14 heavy (non-hydrogen) atoms. The number of carbonyl (C=O) groups excluding carboxylic acids is 1. The second-order valence-corrected chi connectivity index (χ2v) is 3.61. The summed E-state index contributed by atoms with van der Waals surface area (Å²) in [6.45, 7) is 6.26. The van der Waals surface area contributed by atoms with Crippen LogP contribution < -0.4 is 16.9 Å². The Balaban J connectivity index is 3.86. The van der Waals surface area contributed by atoms with E-state index in [-0.39, 0.29) is 5.92 Å². The van der Waals surface area contributed by atoms with Crippen LogP contribution in [-0.4, -0.2) is 24.6 Å². The van der Waals surface area contributed by atoms with Crippen LogP contribution in [0.1, 0.15) is 27.2 Å². The Morgan fingerprint density at radius 3 is 2.57 bits per heavy atom. The van der Waals surface area contributed by atoms with Crippen LogP contribution >= 0.6 is 0 Å². The average molecular weight is 202 g/mol. The molecular weight excluding hydrogens is 182 g/mol. The first-order valence-electron chi connectivity index (χ1n) is 4.91. The zero-order valence-electron chi connectivity index (χ0n) is 9.04. The average Bonchev–Trinajstić information content (AvgIpc) is 2.15. The minimum absolute atomic E-state index is 0.0451. The van der Waals surface area contributed by atoms with Crippen molar-refractivity contribution in [3.05, 3.63) is 0 Å². The Morgan fingerprint density at radius 1 is 1.57 bits per heavy atom. The third-order valence-corrected chi connectivity index (χ3v) is 1.90. The summed E-state index contributed by atoms with van der Waals surface area (Å²) in [5.41, 5.74) is 15.6. The molecular formula is C9H20N3O2. The molecule has 2 atom stereocenters. The Hall–Kier alpha value is -0.650. The topological polar surface area (TPSA) is 88.1 Å². The van der Waals surface area contributed by atoms with Crippen molar-refractivity contribution in [2.45, 2.75) is 39.3 Å². The molecule has 0 aromatic rings. The molecule has 1 radical (unpaired) electrons. The molecule has 5 heteroatoms. The molecule has 0 heterocycles. The lowest BCUT2D eigenvalue weighted by molar-refractivity contribution is -0.153. The molecule has 0 amide bonds. The highest BCUT2D eigenvalue weighted by Gasteiger charge is 2.25. The molecule has 4 N–H and O–H groups in total. The molecule has 0 aromatic carbocycles. The molecule has 0 rings (SSSR count). The Kier molecular flexibility index (Phi) is 6.44. The van der Waals surface area contributed by atoms with E-state index >= 15 is 0 Å². The molecule has 0 aliphatic rings. The van der Waals surface area contributed by atoms with Crippen molar-refractivity contribution < 1.29 is 9.63 Å². The SMILES string of the molecule is CCCNOC(=O)[C@@H](N)C([NH])C(C)C. The molecule has 1 unspecified atom stereocenters. The van der Waals surface area contributed by atoms with E-state index in [1.807, 2.05) is 20.8 Å². The van der Waals surface area contributed by atoms with Gasteiger partial charge in [-0.15, -0.1) is 0 Å². The number of nitrogens with one attached hydrogen (secondary N) is 2. The lowest BCUT2D eigenvalue weighted by Gasteiger charge is -2.20. The molecule has 0 saturated heterocycles. The van der Waals surface area contributed by atoms with Gasteiger partial charge in [0, 0.05) is 12.6 Å². The zero-order valence-corrected chi connectivity index (χ0v) is 9.04. The highest BCUT2D eigenvalue weighted by molar-refractivity contribution is 5.76. The van der Waals surface area contributed by atoms with Crippen molar-refractivity contribution in [2.24, 2.45) is 11.7 Å². The van der Waals surface area contributed by atoms with E-state index in [1.54, 1.807) is 0 Å². The Labute approximate surface area is 85.1 Å². The van der Waals surface area contributed by atoms with Gasteiger partial charge in [0.25, 0.3) is 0 Å². The van der Waals surface area contributed by atoms with E-state index in [0.717, 1.165) is 6.42 Å². The molecule has 0 fully saturated rings. The van der Waals surface area contributed by atoms with Crippen LogP contribution in [0.4, 0.5) is 0 Å². The van der Waals surface area contributed by atoms with Crippen LogP contribution in [-0.2, 0) is 9.63 Å². The van der Waals surface area contributed by atoms with Crippen molar-refractivity contribution in [1.82, 2.24) is 11.2 Å². The predicted octanol–water partition coefficient (Wildman–Crippen LogP) is 0.0790. The fourth-order valence-electron chi connectivity index (χ4n) is 0.854. The highest BCUT2D eigenvalue weighted by atomic mass is 16.7. The number of nitrogens with two attached hydrogens (primary N) is 1. The van der Waals surface area contributed by atoms with Crippen molar-refractivity contribution in [3.8, 4) is 0 Å². The maximum atomic E-state index is 11.2. The van der Waals surface area contributed by atoms with Crippen LogP contribution in [0, 0.1) is 5.92 Å². The third kappa shape index (κ3) is 4.55. The van der Waals surface area contributed by atoms with Crippen LogP contribution in [0.3, 0.4) is 0 Å². The summed E-state index contributed by atoms with van der Waals surface area (Å²) in [4.78, 5) is 15.9. The van der Waals surface area contributed by atoms with Gasteiger partial charge in [-0.05, 0) is 12.3 Å². The third-order valence-electron chi connectivity index (χ3n) is 1.90. The van der Waals surface area contributed by atoms with Crippen molar-refractivity contribution in [2.75, 3.05) is 6.54 Å². The molecule has 0 spiro atoms. The van der Waals surface area contributed by atoms with Crippen LogP contribution in [0.25, 0.3) is 0 Å². The van der Waals surface area contributed by atoms with Crippen LogP contribution in [0.15, 0.2) is 0 Å². The van der Waals surface area contributed by atoms with Crippen molar-refractivity contribution >= 4 is 5.97 Å². The molecule has 5 nitrogen and oxygen atoms in total. The molecule has 0 aliphatic heterocycles. The monoisotopic (exact) mass is 202 g/mol. The molecule has 0 aliphatic carbocycles. The minimum atomic E-state index is -0.876. The van der Waals surface area contributed by atoms with E-state index in [9.17, 15) is 4.79 Å². The summed E-state index contributed by atoms with van der Waals surface area (Å²) < 4.78 is 0. The van der Waals surface area contributed by atoms with Crippen LogP contribution in [0.2, 0.25) is 0 Å². The van der Waals surface area contributed by atoms with Crippen molar-refractivity contribution in [1.29, 1.82) is 0 Å². The normalized spacial score (nSPS) is 15.3. The van der Waals surface area contributed by atoms with Crippen molar-refractivity contribution in [3.63, 3.8) is 0 Å². The number of hydrogen-bond donors (Lipinski definition) is 2. The summed E-state index contributed by atoms with van der Waals surface area (Å²) in [5, 5.41) is 0. The van der Waals surface area contributed by atoms with E-state index in [4.69, 9.17) is 11.5 Å². The number of carbonyl (C=O) groups is 1. The zero-order chi connectivity index (χ0) is 11.1. The first-order valence-corrected chi connectivity index (χ1v) is 4.91. The molecule has 0 saturated carbocycles. The fourth-order valence-corrected chi connectivity index (χ4v) is 0.854. The minimum Gasteiger partial charge on any atom is -0.369 e. The lowest BCUT2D eigenvalue weighted by Crippen LogP contribution is -2.47. The van der Waals surface area contributed by atoms with Gasteiger partial charge >= 0.3 is 5.97 Å². The van der Waals surface area contributed by atoms with E-state index < -0.39 is 18.1 Å². The summed E-state index contributed by atoms with van der Waals surface area (Å²) in [6, 6.07) is -1.50. The maximum absolute atomic E-state index is 11.2. The maximum Gasteiger partial charge on any atom is 0.343 e.